The monoisotopic (exact) mass is 290 g/mol. The highest BCUT2D eigenvalue weighted by Crippen LogP contribution is 2.25. The van der Waals surface area contributed by atoms with Gasteiger partial charge in [-0.15, -0.1) is 0 Å². The first-order chi connectivity index (χ1) is 9.63. The van der Waals surface area contributed by atoms with Crippen LogP contribution in [0.3, 0.4) is 0 Å². The van der Waals surface area contributed by atoms with Crippen LogP contribution in [-0.4, -0.2) is 14.2 Å². The maximum Gasteiger partial charge on any atom is 0.123 e. The maximum absolute atomic E-state index is 6.05. The Hall–Kier alpha value is -1.71. The first kappa shape index (κ1) is 14.7. The lowest BCUT2D eigenvalue weighted by molar-refractivity contribution is 0.409. The summed E-state index contributed by atoms with van der Waals surface area (Å²) in [5, 5.41) is 0.715. The molecule has 0 unspecified atom stereocenters. The third-order valence-electron chi connectivity index (χ3n) is 3.26. The smallest absolute Gasteiger partial charge is 0.123 e. The van der Waals surface area contributed by atoms with Crippen LogP contribution >= 0.6 is 11.6 Å². The van der Waals surface area contributed by atoms with Crippen LogP contribution in [0.15, 0.2) is 42.5 Å². The van der Waals surface area contributed by atoms with E-state index in [0.717, 1.165) is 29.1 Å². The molecule has 106 valence electrons. The minimum atomic E-state index is 0.562. The molecule has 0 aromatic heterocycles. The van der Waals surface area contributed by atoms with E-state index in [1.165, 1.54) is 0 Å². The minimum Gasteiger partial charge on any atom is -0.496 e. The molecule has 0 saturated carbocycles. The molecule has 0 spiro atoms. The van der Waals surface area contributed by atoms with Crippen molar-refractivity contribution in [2.75, 3.05) is 19.1 Å². The van der Waals surface area contributed by atoms with Crippen molar-refractivity contribution in [3.8, 4) is 5.75 Å². The lowest BCUT2D eigenvalue weighted by Gasteiger charge is -2.21. The molecule has 0 heterocycles. The van der Waals surface area contributed by atoms with Crippen molar-refractivity contribution in [3.05, 3.63) is 58.6 Å². The fourth-order valence-corrected chi connectivity index (χ4v) is 2.30. The summed E-state index contributed by atoms with van der Waals surface area (Å²) >= 11 is 6.05. The Morgan fingerprint density at radius 3 is 2.45 bits per heavy atom. The van der Waals surface area contributed by atoms with Crippen LogP contribution in [0.2, 0.25) is 5.02 Å². The zero-order valence-electron chi connectivity index (χ0n) is 11.8. The Balaban J connectivity index is 2.17. The third kappa shape index (κ3) is 3.44. The van der Waals surface area contributed by atoms with Crippen molar-refractivity contribution < 1.29 is 4.74 Å². The van der Waals surface area contributed by atoms with Crippen molar-refractivity contribution in [3.63, 3.8) is 0 Å². The number of nitrogens with zero attached hydrogens (tertiary/aromatic N) is 1. The van der Waals surface area contributed by atoms with Crippen molar-refractivity contribution in [1.29, 1.82) is 0 Å². The van der Waals surface area contributed by atoms with Crippen LogP contribution < -0.4 is 15.4 Å². The number of ether oxygens (including phenoxy) is 1. The quantitative estimate of drug-likeness (QED) is 0.917. The van der Waals surface area contributed by atoms with E-state index < -0.39 is 0 Å². The summed E-state index contributed by atoms with van der Waals surface area (Å²) in [6.45, 7) is 1.29. The standard InChI is InChI=1S/C16H19ClN2O/c1-19(15-6-3-12(10-18)4-7-15)11-13-9-14(17)5-8-16(13)20-2/h3-9H,10-11,18H2,1-2H3. The molecule has 3 nitrogen and oxygen atoms in total. The highest BCUT2D eigenvalue weighted by molar-refractivity contribution is 6.30. The summed E-state index contributed by atoms with van der Waals surface area (Å²) in [5.41, 5.74) is 8.93. The molecule has 0 radical (unpaired) electrons. The zero-order valence-corrected chi connectivity index (χ0v) is 12.5. The molecule has 2 rings (SSSR count). The molecule has 0 fully saturated rings. The van der Waals surface area contributed by atoms with Crippen LogP contribution in [0.1, 0.15) is 11.1 Å². The van der Waals surface area contributed by atoms with Crippen LogP contribution in [0, 0.1) is 0 Å². The van der Waals surface area contributed by atoms with E-state index in [1.807, 2.05) is 37.4 Å². The van der Waals surface area contributed by atoms with E-state index in [9.17, 15) is 0 Å². The molecule has 4 heteroatoms. The minimum absolute atomic E-state index is 0.562. The van der Waals surface area contributed by atoms with Crippen molar-refractivity contribution in [2.45, 2.75) is 13.1 Å². The van der Waals surface area contributed by atoms with Crippen LogP contribution in [0.25, 0.3) is 0 Å². The molecule has 2 aromatic rings. The summed E-state index contributed by atoms with van der Waals surface area (Å²) < 4.78 is 5.37. The normalized spacial score (nSPS) is 10.4. The summed E-state index contributed by atoms with van der Waals surface area (Å²) in [6, 6.07) is 13.9. The number of anilines is 1. The Morgan fingerprint density at radius 2 is 1.85 bits per heavy atom. The van der Waals surface area contributed by atoms with E-state index in [1.54, 1.807) is 7.11 Å². The van der Waals surface area contributed by atoms with E-state index in [2.05, 4.69) is 17.0 Å². The van der Waals surface area contributed by atoms with Gasteiger partial charge in [0.1, 0.15) is 5.75 Å². The molecule has 0 aliphatic carbocycles. The number of hydrogen-bond donors (Lipinski definition) is 1. The lowest BCUT2D eigenvalue weighted by atomic mass is 10.1. The maximum atomic E-state index is 6.05. The van der Waals surface area contributed by atoms with Gasteiger partial charge >= 0.3 is 0 Å². The summed E-state index contributed by atoms with van der Waals surface area (Å²) in [6.07, 6.45) is 0. The second-order valence-corrected chi connectivity index (χ2v) is 5.12. The third-order valence-corrected chi connectivity index (χ3v) is 3.50. The average molecular weight is 291 g/mol. The number of halogens is 1. The molecular formula is C16H19ClN2O. The van der Waals surface area contributed by atoms with Gasteiger partial charge in [0.25, 0.3) is 0 Å². The first-order valence-electron chi connectivity index (χ1n) is 6.46. The molecule has 20 heavy (non-hydrogen) atoms. The van der Waals surface area contributed by atoms with Gasteiger partial charge in [0.2, 0.25) is 0 Å². The van der Waals surface area contributed by atoms with Crippen molar-refractivity contribution >= 4 is 17.3 Å². The SMILES string of the molecule is COc1ccc(Cl)cc1CN(C)c1ccc(CN)cc1. The zero-order chi connectivity index (χ0) is 14.5. The number of nitrogens with two attached hydrogens (primary N) is 1. The average Bonchev–Trinajstić information content (AvgIpc) is 2.47. The van der Waals surface area contributed by atoms with Crippen LogP contribution in [0.5, 0.6) is 5.75 Å². The molecule has 0 aliphatic rings. The summed E-state index contributed by atoms with van der Waals surface area (Å²) in [5.74, 6) is 0.847. The number of methoxy groups -OCH3 is 1. The van der Waals surface area contributed by atoms with Gasteiger partial charge in [-0.25, -0.2) is 0 Å². The van der Waals surface area contributed by atoms with Gasteiger partial charge in [-0.05, 0) is 35.9 Å². The molecule has 2 aromatic carbocycles. The predicted octanol–water partition coefficient (Wildman–Crippen LogP) is 3.44. The highest BCUT2D eigenvalue weighted by atomic mass is 35.5. The Labute approximate surface area is 124 Å². The second-order valence-electron chi connectivity index (χ2n) is 4.68. The van der Waals surface area contributed by atoms with Gasteiger partial charge in [-0.2, -0.15) is 0 Å². The van der Waals surface area contributed by atoms with E-state index >= 15 is 0 Å². The van der Waals surface area contributed by atoms with E-state index in [-0.39, 0.29) is 0 Å². The first-order valence-corrected chi connectivity index (χ1v) is 6.84. The van der Waals surface area contributed by atoms with Crippen LogP contribution in [0.4, 0.5) is 5.69 Å². The molecular weight excluding hydrogens is 272 g/mol. The Bertz CT molecular complexity index is 569. The number of benzene rings is 2. The molecule has 0 saturated heterocycles. The fraction of sp³-hybridized carbons (Fsp3) is 0.250. The summed E-state index contributed by atoms with van der Waals surface area (Å²) in [7, 11) is 3.71. The molecule has 2 N–H and O–H groups in total. The fourth-order valence-electron chi connectivity index (χ4n) is 2.10. The van der Waals surface area contributed by atoms with Gasteiger partial charge in [0.05, 0.1) is 7.11 Å². The van der Waals surface area contributed by atoms with Gasteiger partial charge < -0.3 is 15.4 Å². The molecule has 0 atom stereocenters. The van der Waals surface area contributed by atoms with Gasteiger partial charge in [0, 0.05) is 36.4 Å². The number of rotatable bonds is 5. The highest BCUT2D eigenvalue weighted by Gasteiger charge is 2.08. The largest absolute Gasteiger partial charge is 0.496 e. The molecule has 0 aliphatic heterocycles. The second kappa shape index (κ2) is 6.64. The molecule has 0 bridgehead atoms. The van der Waals surface area contributed by atoms with Gasteiger partial charge in [-0.3, -0.25) is 0 Å². The number of hydrogen-bond acceptors (Lipinski definition) is 3. The van der Waals surface area contributed by atoms with Gasteiger partial charge in [-0.1, -0.05) is 23.7 Å². The Morgan fingerprint density at radius 1 is 1.15 bits per heavy atom. The topological polar surface area (TPSA) is 38.5 Å². The van der Waals surface area contributed by atoms with Crippen molar-refractivity contribution in [1.82, 2.24) is 0 Å². The predicted molar refractivity (Wildman–Crippen MR) is 84.4 cm³/mol. The lowest BCUT2D eigenvalue weighted by Crippen LogP contribution is -2.17. The van der Waals surface area contributed by atoms with Gasteiger partial charge in [0.15, 0.2) is 0 Å². The summed E-state index contributed by atoms with van der Waals surface area (Å²) in [4.78, 5) is 2.15. The van der Waals surface area contributed by atoms with E-state index in [0.29, 0.717) is 11.6 Å². The van der Waals surface area contributed by atoms with E-state index in [4.69, 9.17) is 22.1 Å². The van der Waals surface area contributed by atoms with Crippen LogP contribution in [-0.2, 0) is 13.1 Å². The van der Waals surface area contributed by atoms with Crippen molar-refractivity contribution in [2.24, 2.45) is 5.73 Å². The Kier molecular flexibility index (Phi) is 4.88. The molecule has 0 amide bonds.